The number of benzene rings is 1. The van der Waals surface area contributed by atoms with Crippen LogP contribution in [0.15, 0.2) is 42.1 Å². The van der Waals surface area contributed by atoms with E-state index < -0.39 is 17.1 Å². The van der Waals surface area contributed by atoms with E-state index >= 15 is 0 Å². The van der Waals surface area contributed by atoms with Gasteiger partial charge in [0.2, 0.25) is 0 Å². The minimum atomic E-state index is -1.25. The number of nitrogens with one attached hydrogen (secondary N) is 1. The fourth-order valence-corrected chi connectivity index (χ4v) is 4.30. The molecule has 1 atom stereocenters. The molecule has 0 aromatic heterocycles. The average molecular weight is 442 g/mol. The fraction of sp³-hybridized carbons (Fsp3) is 0.450. The Kier molecular flexibility index (Phi) is 9.16. The van der Waals surface area contributed by atoms with Gasteiger partial charge in [-0.15, -0.1) is 0 Å². The lowest BCUT2D eigenvalue weighted by atomic mass is 9.92. The van der Waals surface area contributed by atoms with Crippen LogP contribution in [0.1, 0.15) is 30.1 Å². The summed E-state index contributed by atoms with van der Waals surface area (Å²) in [5.74, 6) is 0.147. The molecule has 0 aliphatic carbocycles. The number of carbonyl (C=O) groups excluding carboxylic acids is 1. The van der Waals surface area contributed by atoms with Crippen molar-refractivity contribution >= 4 is 34.4 Å². The molecule has 2 aliphatic heterocycles. The molecule has 0 amide bonds. The first-order chi connectivity index (χ1) is 13.8. The summed E-state index contributed by atoms with van der Waals surface area (Å²) >= 11 is 4.65. The Bertz CT molecular complexity index is 794. The maximum Gasteiger partial charge on any atom is 0.339 e. The number of methoxy groups -OCH3 is 1. The van der Waals surface area contributed by atoms with E-state index in [0.717, 1.165) is 26.1 Å². The first-order valence-electron chi connectivity index (χ1n) is 9.34. The number of hydrogen-bond acceptors (Lipinski definition) is 5. The van der Waals surface area contributed by atoms with E-state index in [2.05, 4.69) is 23.0 Å². The minimum Gasteiger partial charge on any atom is -0.465 e. The quantitative estimate of drug-likeness (QED) is 0.553. The second-order valence-corrected chi connectivity index (χ2v) is 8.39. The lowest BCUT2D eigenvalue weighted by Crippen LogP contribution is -2.22. The third-order valence-electron chi connectivity index (χ3n) is 4.66. The highest BCUT2D eigenvalue weighted by Gasteiger charge is 2.22. The van der Waals surface area contributed by atoms with Crippen LogP contribution in [0.2, 0.25) is 5.02 Å². The van der Waals surface area contributed by atoms with Gasteiger partial charge in [-0.05, 0) is 50.0 Å². The second-order valence-electron chi connectivity index (χ2n) is 6.75. The summed E-state index contributed by atoms with van der Waals surface area (Å²) in [6, 6.07) is 4.90. The molecule has 3 N–H and O–H groups in total. The largest absolute Gasteiger partial charge is 0.465 e. The van der Waals surface area contributed by atoms with Crippen LogP contribution in [0.5, 0.6) is 0 Å². The summed E-state index contributed by atoms with van der Waals surface area (Å²) in [5, 5.41) is 0.318. The van der Waals surface area contributed by atoms with Gasteiger partial charge in [-0.2, -0.15) is 0 Å². The van der Waals surface area contributed by atoms with Crippen molar-refractivity contribution in [3.05, 3.63) is 52.7 Å². The predicted octanol–water partition coefficient (Wildman–Crippen LogP) is 2.95. The Hall–Kier alpha value is -1.87. The van der Waals surface area contributed by atoms with Gasteiger partial charge in [-0.25, -0.2) is 13.7 Å². The van der Waals surface area contributed by atoms with E-state index in [-0.39, 0.29) is 5.56 Å². The Morgan fingerprint density at radius 2 is 2.14 bits per heavy atom. The summed E-state index contributed by atoms with van der Waals surface area (Å²) in [4.78, 5) is 11.5. The third kappa shape index (κ3) is 6.85. The molecular weight excluding hydrogens is 414 g/mol. The zero-order valence-electron chi connectivity index (χ0n) is 16.8. The second kappa shape index (κ2) is 11.3. The molecule has 29 heavy (non-hydrogen) atoms. The van der Waals surface area contributed by atoms with Crippen molar-refractivity contribution in [2.45, 2.75) is 19.8 Å². The summed E-state index contributed by atoms with van der Waals surface area (Å²) in [6.45, 7) is 8.80. The van der Waals surface area contributed by atoms with E-state index in [1.807, 2.05) is 6.08 Å². The lowest BCUT2D eigenvalue weighted by molar-refractivity contribution is 0.0601. The van der Waals surface area contributed by atoms with Gasteiger partial charge in [0.15, 0.2) is 11.2 Å². The molecule has 2 fully saturated rings. The van der Waals surface area contributed by atoms with Crippen molar-refractivity contribution in [3.63, 3.8) is 0 Å². The molecule has 1 aromatic carbocycles. The SMILES string of the molecule is C=C(N)/C=C(\C)C1CCOCC1.COC(=O)c1cc(N2CCNS2=O)ccc1Cl. The molecule has 0 radical (unpaired) electrons. The Morgan fingerprint density at radius 1 is 1.45 bits per heavy atom. The Morgan fingerprint density at radius 3 is 2.69 bits per heavy atom. The third-order valence-corrected chi connectivity index (χ3v) is 6.24. The monoisotopic (exact) mass is 441 g/mol. The van der Waals surface area contributed by atoms with Crippen LogP contribution in [0.25, 0.3) is 0 Å². The van der Waals surface area contributed by atoms with Crippen LogP contribution in [0.3, 0.4) is 0 Å². The molecule has 2 saturated heterocycles. The normalized spacial score (nSPS) is 20.0. The summed E-state index contributed by atoms with van der Waals surface area (Å²) in [7, 11) is 1.29. The van der Waals surface area contributed by atoms with Crippen molar-refractivity contribution in [1.82, 2.24) is 4.72 Å². The zero-order valence-corrected chi connectivity index (χ0v) is 18.4. The lowest BCUT2D eigenvalue weighted by Gasteiger charge is -2.22. The molecule has 1 aromatic rings. The van der Waals surface area contributed by atoms with Crippen LogP contribution < -0.4 is 14.8 Å². The van der Waals surface area contributed by atoms with Gasteiger partial charge in [0, 0.05) is 32.0 Å². The smallest absolute Gasteiger partial charge is 0.339 e. The zero-order chi connectivity index (χ0) is 21.4. The number of nitrogens with zero attached hydrogens (tertiary/aromatic N) is 1. The van der Waals surface area contributed by atoms with Crippen molar-refractivity contribution < 1.29 is 18.5 Å². The molecular formula is C20H28ClN3O4S. The van der Waals surface area contributed by atoms with E-state index in [1.165, 1.54) is 12.7 Å². The first-order valence-corrected chi connectivity index (χ1v) is 10.8. The average Bonchev–Trinajstić information content (AvgIpc) is 3.14. The number of allylic oxidation sites excluding steroid dienone is 2. The topological polar surface area (TPSA) is 93.9 Å². The first kappa shape index (κ1) is 23.4. The predicted molar refractivity (Wildman–Crippen MR) is 117 cm³/mol. The van der Waals surface area contributed by atoms with Crippen LogP contribution in [-0.2, 0) is 20.6 Å². The van der Waals surface area contributed by atoms with Crippen molar-refractivity contribution in [2.24, 2.45) is 11.7 Å². The van der Waals surface area contributed by atoms with E-state index in [0.29, 0.717) is 35.4 Å². The molecule has 1 unspecified atom stereocenters. The number of anilines is 1. The Labute approximate surface area is 179 Å². The number of rotatable bonds is 4. The molecule has 3 rings (SSSR count). The maximum atomic E-state index is 11.6. The van der Waals surface area contributed by atoms with Gasteiger partial charge in [0.05, 0.1) is 23.4 Å². The number of ether oxygens (including phenoxy) is 2. The summed E-state index contributed by atoms with van der Waals surface area (Å²) in [5.41, 5.74) is 8.44. The fourth-order valence-electron chi connectivity index (χ4n) is 3.12. The van der Waals surface area contributed by atoms with Gasteiger partial charge >= 0.3 is 5.97 Å². The number of esters is 1. The summed E-state index contributed by atoms with van der Waals surface area (Å²) in [6.07, 6.45) is 4.21. The number of halogens is 1. The van der Waals surface area contributed by atoms with Crippen molar-refractivity contribution in [2.75, 3.05) is 37.7 Å². The Balaban J connectivity index is 0.000000221. The van der Waals surface area contributed by atoms with Gasteiger partial charge in [0.25, 0.3) is 0 Å². The molecule has 0 spiro atoms. The molecule has 9 heteroatoms. The molecule has 7 nitrogen and oxygen atoms in total. The minimum absolute atomic E-state index is 0.274. The van der Waals surface area contributed by atoms with E-state index in [1.54, 1.807) is 22.5 Å². The van der Waals surface area contributed by atoms with Crippen molar-refractivity contribution in [1.29, 1.82) is 0 Å². The molecule has 0 saturated carbocycles. The van der Waals surface area contributed by atoms with E-state index in [9.17, 15) is 9.00 Å². The van der Waals surface area contributed by atoms with Crippen LogP contribution >= 0.6 is 11.6 Å². The van der Waals surface area contributed by atoms with Crippen LogP contribution in [0, 0.1) is 5.92 Å². The molecule has 2 heterocycles. The van der Waals surface area contributed by atoms with Gasteiger partial charge in [-0.1, -0.05) is 23.8 Å². The highest BCUT2D eigenvalue weighted by atomic mass is 35.5. The number of nitrogens with two attached hydrogens (primary N) is 1. The highest BCUT2D eigenvalue weighted by Crippen LogP contribution is 2.25. The van der Waals surface area contributed by atoms with Gasteiger partial charge < -0.3 is 15.2 Å². The molecule has 0 bridgehead atoms. The highest BCUT2D eigenvalue weighted by molar-refractivity contribution is 7.84. The summed E-state index contributed by atoms with van der Waals surface area (Å²) < 4.78 is 25.9. The number of carbonyl (C=O) groups is 1. The van der Waals surface area contributed by atoms with Crippen molar-refractivity contribution in [3.8, 4) is 0 Å². The van der Waals surface area contributed by atoms with Gasteiger partial charge in [-0.3, -0.25) is 4.31 Å². The van der Waals surface area contributed by atoms with Gasteiger partial charge in [0.1, 0.15) is 0 Å². The van der Waals surface area contributed by atoms with Crippen LogP contribution in [-0.4, -0.2) is 43.6 Å². The standard InChI is InChI=1S/C10H11ClN2O3S.C10H17NO/c1-16-10(14)8-6-7(2-3-9(8)11)13-5-4-12-17(13)15;1-8(7-9(2)11)10-3-5-12-6-4-10/h2-3,6,12H,4-5H2,1H3;7,10H,2-6,11H2,1H3/b;8-7+. The maximum absolute atomic E-state index is 11.6. The van der Waals surface area contributed by atoms with E-state index in [4.69, 9.17) is 22.1 Å². The molecule has 160 valence electrons. The molecule has 2 aliphatic rings. The van der Waals surface area contributed by atoms with Crippen LogP contribution in [0.4, 0.5) is 5.69 Å². The number of hydrogen-bond donors (Lipinski definition) is 2.